The Balaban J connectivity index is 1.48. The highest BCUT2D eigenvalue weighted by molar-refractivity contribution is 7.90. The lowest BCUT2D eigenvalue weighted by atomic mass is 10.1. The van der Waals surface area contributed by atoms with Crippen molar-refractivity contribution < 1.29 is 26.4 Å². The van der Waals surface area contributed by atoms with Crippen molar-refractivity contribution in [3.05, 3.63) is 83.7 Å². The fourth-order valence-electron chi connectivity index (χ4n) is 4.21. The zero-order valence-corrected chi connectivity index (χ0v) is 20.8. The molecule has 2 N–H and O–H groups in total. The van der Waals surface area contributed by atoms with Gasteiger partial charge in [-0.15, -0.1) is 0 Å². The van der Waals surface area contributed by atoms with Crippen LogP contribution >= 0.6 is 0 Å². The summed E-state index contributed by atoms with van der Waals surface area (Å²) in [6, 6.07) is 11.9. The van der Waals surface area contributed by atoms with Crippen LogP contribution in [-0.2, 0) is 28.3 Å². The summed E-state index contributed by atoms with van der Waals surface area (Å²) >= 11 is 0. The number of anilines is 2. The summed E-state index contributed by atoms with van der Waals surface area (Å²) in [4.78, 5) is 18.0. The molecule has 0 aliphatic carbocycles. The van der Waals surface area contributed by atoms with Crippen LogP contribution in [-0.4, -0.2) is 32.5 Å². The summed E-state index contributed by atoms with van der Waals surface area (Å²) in [6.45, 7) is 1.60. The van der Waals surface area contributed by atoms with Gasteiger partial charge < -0.3 is 15.5 Å². The van der Waals surface area contributed by atoms with Crippen LogP contribution in [0.15, 0.2) is 71.9 Å². The largest absolute Gasteiger partial charge is 0.416 e. The summed E-state index contributed by atoms with van der Waals surface area (Å²) < 4.78 is 66.5. The number of nitrogens with zero attached hydrogens (tertiary/aromatic N) is 2. The molecule has 1 aromatic heterocycles. The number of sulfone groups is 1. The number of carbonyl (C=O) groups excluding carboxylic acids is 1. The average molecular weight is 533 g/mol. The number of piperidine rings is 1. The molecule has 196 valence electrons. The number of pyridine rings is 1. The number of amides is 2. The van der Waals surface area contributed by atoms with E-state index < -0.39 is 33.4 Å². The van der Waals surface area contributed by atoms with Gasteiger partial charge in [-0.25, -0.2) is 13.2 Å². The van der Waals surface area contributed by atoms with Gasteiger partial charge in [0.25, 0.3) is 0 Å². The number of nitrogens with one attached hydrogen (secondary N) is 2. The molecule has 2 amide bonds. The molecule has 0 bridgehead atoms. The Morgan fingerprint density at radius 2 is 1.73 bits per heavy atom. The number of hydrogen-bond acceptors (Lipinski definition) is 5. The van der Waals surface area contributed by atoms with Gasteiger partial charge in [-0.2, -0.15) is 13.2 Å². The van der Waals surface area contributed by atoms with Crippen molar-refractivity contribution in [2.24, 2.45) is 0 Å². The van der Waals surface area contributed by atoms with Crippen molar-refractivity contribution in [1.29, 1.82) is 0 Å². The Morgan fingerprint density at radius 3 is 2.38 bits per heavy atom. The number of carbonyl (C=O) groups is 1. The SMILES string of the molecule is O=C(NCc1cccnc1)Nc1ccc(S(=O)(=O)Cc2cc(C(F)(F)F)ccc2N2CCCCC2)cc1. The first-order chi connectivity index (χ1) is 17.6. The first-order valence-electron chi connectivity index (χ1n) is 11.8. The van der Waals surface area contributed by atoms with Crippen LogP contribution in [0.3, 0.4) is 0 Å². The Kier molecular flexibility index (Phi) is 8.01. The van der Waals surface area contributed by atoms with E-state index in [0.717, 1.165) is 37.0 Å². The molecular weight excluding hydrogens is 505 g/mol. The van der Waals surface area contributed by atoms with Crippen molar-refractivity contribution in [1.82, 2.24) is 10.3 Å². The predicted molar refractivity (Wildman–Crippen MR) is 135 cm³/mol. The van der Waals surface area contributed by atoms with Crippen molar-refractivity contribution in [3.8, 4) is 0 Å². The molecule has 11 heteroatoms. The third-order valence-electron chi connectivity index (χ3n) is 6.10. The summed E-state index contributed by atoms with van der Waals surface area (Å²) in [7, 11) is -3.96. The minimum Gasteiger partial charge on any atom is -0.371 e. The molecule has 0 unspecified atom stereocenters. The molecule has 0 radical (unpaired) electrons. The minimum absolute atomic E-state index is 0.0455. The van der Waals surface area contributed by atoms with Gasteiger partial charge in [-0.05, 0) is 78.9 Å². The molecular formula is C26H27F3N4O3S. The number of alkyl halides is 3. The zero-order chi connectivity index (χ0) is 26.5. The molecule has 7 nitrogen and oxygen atoms in total. The monoisotopic (exact) mass is 532 g/mol. The highest BCUT2D eigenvalue weighted by Crippen LogP contribution is 2.35. The first-order valence-corrected chi connectivity index (χ1v) is 13.5. The van der Waals surface area contributed by atoms with Gasteiger partial charge in [0.15, 0.2) is 9.84 Å². The minimum atomic E-state index is -4.58. The van der Waals surface area contributed by atoms with Gasteiger partial charge in [0, 0.05) is 43.4 Å². The summed E-state index contributed by atoms with van der Waals surface area (Å²) in [5.41, 5.74) is 0.942. The molecule has 37 heavy (non-hydrogen) atoms. The maximum Gasteiger partial charge on any atom is 0.416 e. The summed E-state index contributed by atoms with van der Waals surface area (Å²) in [5.74, 6) is -0.568. The lowest BCUT2D eigenvalue weighted by Crippen LogP contribution is -2.30. The number of aromatic nitrogens is 1. The van der Waals surface area contributed by atoms with Crippen molar-refractivity contribution >= 4 is 27.2 Å². The van der Waals surface area contributed by atoms with Crippen LogP contribution in [0.1, 0.15) is 36.0 Å². The molecule has 0 saturated carbocycles. The van der Waals surface area contributed by atoms with Gasteiger partial charge in [0.05, 0.1) is 16.2 Å². The van der Waals surface area contributed by atoms with E-state index in [2.05, 4.69) is 15.6 Å². The van der Waals surface area contributed by atoms with Crippen LogP contribution in [0.4, 0.5) is 29.3 Å². The van der Waals surface area contributed by atoms with Gasteiger partial charge in [0.2, 0.25) is 0 Å². The van der Waals surface area contributed by atoms with Crippen LogP contribution in [0.5, 0.6) is 0 Å². The molecule has 1 aliphatic heterocycles. The summed E-state index contributed by atoms with van der Waals surface area (Å²) in [6.07, 6.45) is 1.51. The summed E-state index contributed by atoms with van der Waals surface area (Å²) in [5, 5.41) is 5.29. The second-order valence-corrected chi connectivity index (χ2v) is 10.8. The van der Waals surface area contributed by atoms with Crippen molar-refractivity contribution in [3.63, 3.8) is 0 Å². The fraction of sp³-hybridized carbons (Fsp3) is 0.308. The molecule has 4 rings (SSSR count). The lowest BCUT2D eigenvalue weighted by Gasteiger charge is -2.31. The molecule has 2 aromatic carbocycles. The zero-order valence-electron chi connectivity index (χ0n) is 20.0. The van der Waals surface area contributed by atoms with E-state index in [1.807, 2.05) is 11.0 Å². The lowest BCUT2D eigenvalue weighted by molar-refractivity contribution is -0.137. The van der Waals surface area contributed by atoms with Crippen LogP contribution in [0.25, 0.3) is 0 Å². The van der Waals surface area contributed by atoms with E-state index in [1.165, 1.54) is 30.3 Å². The Hall–Kier alpha value is -3.60. The maximum atomic E-state index is 13.4. The fourth-order valence-corrected chi connectivity index (χ4v) is 5.57. The standard InChI is InChI=1S/C26H27F3N4O3S/c27-26(28,29)21-6-11-24(33-13-2-1-3-14-33)20(15-21)18-37(35,36)23-9-7-22(8-10-23)32-25(34)31-17-19-5-4-12-30-16-19/h4-12,15-16H,1-3,13-14,17-18H2,(H2,31,32,34). The van der Waals surface area contributed by atoms with Gasteiger partial charge in [-0.3, -0.25) is 4.98 Å². The van der Waals surface area contributed by atoms with Crippen molar-refractivity contribution in [2.45, 2.75) is 42.6 Å². The highest BCUT2D eigenvalue weighted by Gasteiger charge is 2.32. The highest BCUT2D eigenvalue weighted by atomic mass is 32.2. The van der Waals surface area contributed by atoms with E-state index >= 15 is 0 Å². The van der Waals surface area contributed by atoms with E-state index in [9.17, 15) is 26.4 Å². The van der Waals surface area contributed by atoms with E-state index in [1.54, 1.807) is 18.5 Å². The quantitative estimate of drug-likeness (QED) is 0.426. The molecule has 2 heterocycles. The van der Waals surface area contributed by atoms with Gasteiger partial charge in [0.1, 0.15) is 0 Å². The number of hydrogen-bond donors (Lipinski definition) is 2. The second-order valence-electron chi connectivity index (χ2n) is 8.84. The molecule has 1 fully saturated rings. The van der Waals surface area contributed by atoms with E-state index in [-0.39, 0.29) is 17.0 Å². The molecule has 0 atom stereocenters. The predicted octanol–water partition coefficient (Wildman–Crippen LogP) is 5.39. The molecule has 3 aromatic rings. The van der Waals surface area contributed by atoms with Gasteiger partial charge in [-0.1, -0.05) is 6.07 Å². The van der Waals surface area contributed by atoms with Crippen LogP contribution < -0.4 is 15.5 Å². The Morgan fingerprint density at radius 1 is 1.00 bits per heavy atom. The molecule has 0 spiro atoms. The van der Waals surface area contributed by atoms with E-state index in [0.29, 0.717) is 24.5 Å². The normalized spacial score (nSPS) is 14.3. The molecule has 1 aliphatic rings. The smallest absolute Gasteiger partial charge is 0.371 e. The van der Waals surface area contributed by atoms with Crippen LogP contribution in [0.2, 0.25) is 0 Å². The molecule has 1 saturated heterocycles. The third-order valence-corrected chi connectivity index (χ3v) is 7.78. The third kappa shape index (κ3) is 7.00. The second kappa shape index (κ2) is 11.2. The van der Waals surface area contributed by atoms with Crippen LogP contribution in [0, 0.1) is 0 Å². The Labute approximate surface area is 213 Å². The van der Waals surface area contributed by atoms with Crippen molar-refractivity contribution in [2.75, 3.05) is 23.3 Å². The van der Waals surface area contributed by atoms with Gasteiger partial charge >= 0.3 is 12.2 Å². The topological polar surface area (TPSA) is 91.4 Å². The number of benzene rings is 2. The maximum absolute atomic E-state index is 13.4. The average Bonchev–Trinajstić information content (AvgIpc) is 2.88. The number of halogens is 3. The first kappa shape index (κ1) is 26.5. The number of urea groups is 1. The van der Waals surface area contributed by atoms with E-state index in [4.69, 9.17) is 0 Å². The Bertz CT molecular complexity index is 1330. The number of rotatable bonds is 7.